The van der Waals surface area contributed by atoms with Crippen LogP contribution < -0.4 is 5.32 Å². The number of amides is 1. The highest BCUT2D eigenvalue weighted by Gasteiger charge is 2.66. The van der Waals surface area contributed by atoms with Crippen molar-refractivity contribution in [3.05, 3.63) is 29.8 Å². The number of carbonyl (C=O) groups excluding carboxylic acids is 1. The SMILES string of the molecule is CCOC1CC(NC(=O)C2CSc3ccccc32)(C(=O)O)C1(C)C. The number of fused-ring (bicyclic) bond motifs is 1. The second-order valence-corrected chi connectivity index (χ2v) is 8.03. The van der Waals surface area contributed by atoms with Gasteiger partial charge in [-0.05, 0) is 18.6 Å². The largest absolute Gasteiger partial charge is 0.479 e. The zero-order valence-corrected chi connectivity index (χ0v) is 15.0. The summed E-state index contributed by atoms with van der Waals surface area (Å²) < 4.78 is 5.64. The van der Waals surface area contributed by atoms with E-state index in [0.717, 1.165) is 10.5 Å². The average molecular weight is 349 g/mol. The molecule has 0 saturated heterocycles. The third-order valence-corrected chi connectivity index (χ3v) is 6.67. The molecule has 130 valence electrons. The first-order chi connectivity index (χ1) is 11.3. The molecule has 1 amide bonds. The summed E-state index contributed by atoms with van der Waals surface area (Å²) in [5, 5.41) is 12.7. The molecule has 3 unspecified atom stereocenters. The molecule has 5 nitrogen and oxygen atoms in total. The standard InChI is InChI=1S/C18H23NO4S/c1-4-23-14-9-18(16(21)22,17(14,2)3)19-15(20)12-10-24-13-8-6-5-7-11(12)13/h5-8,12,14H,4,9-10H2,1-3H3,(H,19,20)(H,21,22). The van der Waals surface area contributed by atoms with Gasteiger partial charge >= 0.3 is 5.97 Å². The van der Waals surface area contributed by atoms with Crippen molar-refractivity contribution in [2.45, 2.75) is 49.6 Å². The summed E-state index contributed by atoms with van der Waals surface area (Å²) in [4.78, 5) is 25.9. The zero-order chi connectivity index (χ0) is 17.5. The monoisotopic (exact) mass is 349 g/mol. The molecule has 1 saturated carbocycles. The number of hydrogen-bond donors (Lipinski definition) is 2. The van der Waals surface area contributed by atoms with Gasteiger partial charge in [-0.3, -0.25) is 4.79 Å². The van der Waals surface area contributed by atoms with Crippen molar-refractivity contribution in [3.63, 3.8) is 0 Å². The molecule has 1 aromatic rings. The summed E-state index contributed by atoms with van der Waals surface area (Å²) in [6.45, 7) is 6.12. The zero-order valence-electron chi connectivity index (χ0n) is 14.2. The van der Waals surface area contributed by atoms with Gasteiger partial charge in [0, 0.05) is 29.1 Å². The molecule has 3 atom stereocenters. The summed E-state index contributed by atoms with van der Waals surface area (Å²) in [5.41, 5.74) is -0.943. The highest BCUT2D eigenvalue weighted by atomic mass is 32.2. The molecular weight excluding hydrogens is 326 g/mol. The molecule has 0 spiro atoms. The minimum Gasteiger partial charge on any atom is -0.479 e. The Labute approximate surface area is 146 Å². The lowest BCUT2D eigenvalue weighted by atomic mass is 9.54. The normalized spacial score (nSPS) is 30.3. The number of carbonyl (C=O) groups is 2. The molecule has 1 aromatic carbocycles. The molecule has 1 fully saturated rings. The molecular formula is C18H23NO4S. The summed E-state index contributed by atoms with van der Waals surface area (Å²) in [6, 6.07) is 7.81. The van der Waals surface area contributed by atoms with Crippen molar-refractivity contribution >= 4 is 23.6 Å². The Kier molecular flexibility index (Phi) is 4.38. The van der Waals surface area contributed by atoms with E-state index in [9.17, 15) is 14.7 Å². The Morgan fingerprint density at radius 3 is 2.71 bits per heavy atom. The van der Waals surface area contributed by atoms with E-state index >= 15 is 0 Å². The molecule has 2 N–H and O–H groups in total. The Morgan fingerprint density at radius 1 is 1.38 bits per heavy atom. The molecule has 6 heteroatoms. The van der Waals surface area contributed by atoms with E-state index in [1.165, 1.54) is 0 Å². The second kappa shape index (κ2) is 6.08. The molecule has 0 radical (unpaired) electrons. The van der Waals surface area contributed by atoms with Gasteiger partial charge in [0.05, 0.1) is 12.0 Å². The molecule has 24 heavy (non-hydrogen) atoms. The van der Waals surface area contributed by atoms with Gasteiger partial charge in [-0.2, -0.15) is 0 Å². The third-order valence-electron chi connectivity index (χ3n) is 5.48. The van der Waals surface area contributed by atoms with Crippen LogP contribution in [0.15, 0.2) is 29.2 Å². The molecule has 1 aliphatic carbocycles. The minimum atomic E-state index is -1.27. The maximum Gasteiger partial charge on any atom is 0.330 e. The van der Waals surface area contributed by atoms with Crippen molar-refractivity contribution in [3.8, 4) is 0 Å². The van der Waals surface area contributed by atoms with Crippen LogP contribution in [0.5, 0.6) is 0 Å². The fourth-order valence-electron chi connectivity index (χ4n) is 3.71. The highest BCUT2D eigenvalue weighted by Crippen LogP contribution is 2.52. The predicted octanol–water partition coefficient (Wildman–Crippen LogP) is 2.65. The summed E-state index contributed by atoms with van der Waals surface area (Å²) >= 11 is 1.64. The summed E-state index contributed by atoms with van der Waals surface area (Å²) in [5.74, 6) is -0.853. The second-order valence-electron chi connectivity index (χ2n) is 6.97. The van der Waals surface area contributed by atoms with Crippen molar-refractivity contribution < 1.29 is 19.4 Å². The maximum absolute atomic E-state index is 12.8. The van der Waals surface area contributed by atoms with Crippen molar-refractivity contribution in [1.82, 2.24) is 5.32 Å². The van der Waals surface area contributed by atoms with Crippen LogP contribution in [0.3, 0.4) is 0 Å². The number of carboxylic acid groups (broad SMARTS) is 1. The molecule has 1 heterocycles. The lowest BCUT2D eigenvalue weighted by molar-refractivity contribution is -0.194. The van der Waals surface area contributed by atoms with E-state index < -0.39 is 16.9 Å². The first-order valence-electron chi connectivity index (χ1n) is 8.22. The fraction of sp³-hybridized carbons (Fsp3) is 0.556. The first-order valence-corrected chi connectivity index (χ1v) is 9.21. The van der Waals surface area contributed by atoms with E-state index in [0.29, 0.717) is 18.8 Å². The van der Waals surface area contributed by atoms with Gasteiger partial charge in [0.15, 0.2) is 0 Å². The van der Waals surface area contributed by atoms with Gasteiger partial charge in [0.25, 0.3) is 0 Å². The lowest BCUT2D eigenvalue weighted by Crippen LogP contribution is -2.76. The van der Waals surface area contributed by atoms with Crippen LogP contribution >= 0.6 is 11.8 Å². The van der Waals surface area contributed by atoms with Crippen molar-refractivity contribution in [2.75, 3.05) is 12.4 Å². The first kappa shape index (κ1) is 17.3. The third kappa shape index (κ3) is 2.43. The summed E-state index contributed by atoms with van der Waals surface area (Å²) in [6.07, 6.45) is 0.139. The lowest BCUT2D eigenvalue weighted by Gasteiger charge is -2.58. The molecule has 1 aliphatic heterocycles. The van der Waals surface area contributed by atoms with Crippen LogP contribution in [0, 0.1) is 5.41 Å². The van der Waals surface area contributed by atoms with E-state index in [-0.39, 0.29) is 17.9 Å². The maximum atomic E-state index is 12.8. The fourth-order valence-corrected chi connectivity index (χ4v) is 4.94. The Bertz CT molecular complexity index is 675. The van der Waals surface area contributed by atoms with Crippen LogP contribution in [-0.4, -0.2) is 41.0 Å². The van der Waals surface area contributed by atoms with E-state index in [1.807, 2.05) is 45.0 Å². The van der Waals surface area contributed by atoms with Crippen LogP contribution in [0.1, 0.15) is 38.7 Å². The Morgan fingerprint density at radius 2 is 2.08 bits per heavy atom. The summed E-state index contributed by atoms with van der Waals surface area (Å²) in [7, 11) is 0. The van der Waals surface area contributed by atoms with E-state index in [2.05, 4.69) is 5.32 Å². The number of thioether (sulfide) groups is 1. The molecule has 0 aromatic heterocycles. The van der Waals surface area contributed by atoms with Gasteiger partial charge in [0.1, 0.15) is 5.54 Å². The van der Waals surface area contributed by atoms with Crippen molar-refractivity contribution in [2.24, 2.45) is 5.41 Å². The Hall–Kier alpha value is -1.53. The number of ether oxygens (including phenoxy) is 1. The van der Waals surface area contributed by atoms with E-state index in [1.54, 1.807) is 11.8 Å². The van der Waals surface area contributed by atoms with Gasteiger partial charge < -0.3 is 15.2 Å². The molecule has 0 bridgehead atoms. The number of benzene rings is 1. The predicted molar refractivity (Wildman–Crippen MR) is 92.2 cm³/mol. The van der Waals surface area contributed by atoms with Crippen LogP contribution in [0.25, 0.3) is 0 Å². The van der Waals surface area contributed by atoms with Crippen molar-refractivity contribution in [1.29, 1.82) is 0 Å². The number of hydrogen-bond acceptors (Lipinski definition) is 4. The van der Waals surface area contributed by atoms with Gasteiger partial charge in [-0.25, -0.2) is 4.79 Å². The average Bonchev–Trinajstić information content (AvgIpc) is 2.97. The van der Waals surface area contributed by atoms with Crippen LogP contribution in [0.2, 0.25) is 0 Å². The van der Waals surface area contributed by atoms with Gasteiger partial charge in [-0.15, -0.1) is 11.8 Å². The van der Waals surface area contributed by atoms with Crippen LogP contribution in [-0.2, 0) is 14.3 Å². The number of nitrogens with one attached hydrogen (secondary N) is 1. The number of aliphatic carboxylic acids is 1. The van der Waals surface area contributed by atoms with E-state index in [4.69, 9.17) is 4.74 Å². The van der Waals surface area contributed by atoms with Crippen LogP contribution in [0.4, 0.5) is 0 Å². The molecule has 3 rings (SSSR count). The topological polar surface area (TPSA) is 75.6 Å². The van der Waals surface area contributed by atoms with Gasteiger partial charge in [-0.1, -0.05) is 32.0 Å². The number of carboxylic acids is 1. The molecule has 2 aliphatic rings. The highest BCUT2D eigenvalue weighted by molar-refractivity contribution is 7.99. The quantitative estimate of drug-likeness (QED) is 0.855. The number of rotatable bonds is 5. The minimum absolute atomic E-state index is 0.163. The Balaban J connectivity index is 1.81. The smallest absolute Gasteiger partial charge is 0.330 e. The van der Waals surface area contributed by atoms with Gasteiger partial charge in [0.2, 0.25) is 5.91 Å².